The summed E-state index contributed by atoms with van der Waals surface area (Å²) in [6.07, 6.45) is 23.3. The quantitative estimate of drug-likeness (QED) is 0.0641. The van der Waals surface area contributed by atoms with Crippen LogP contribution in [-0.4, -0.2) is 54.6 Å². The zero-order valence-corrected chi connectivity index (χ0v) is 37.1. The summed E-state index contributed by atoms with van der Waals surface area (Å²) in [6, 6.07) is 9.99. The van der Waals surface area contributed by atoms with Crippen LogP contribution in [-0.2, 0) is 16.0 Å². The SMILES string of the molecule is C=Cc1c(CC)cncc1C(C#N)NC(=O)C1(NC(=O)c2ccc(C3CC3)[nH]2)CCCCC1.C=Cc1cncc(C(C#N)NC(=O)C2(NC(=O)c3ccc(C4CC4)[nH]3)CCCC2)c1C=C. The van der Waals surface area contributed by atoms with Gasteiger partial charge in [0, 0.05) is 47.3 Å². The first-order valence-electron chi connectivity index (χ1n) is 22.8. The summed E-state index contributed by atoms with van der Waals surface area (Å²) < 4.78 is 0. The molecule has 0 spiro atoms. The van der Waals surface area contributed by atoms with Crippen molar-refractivity contribution in [3.63, 3.8) is 0 Å². The van der Waals surface area contributed by atoms with Crippen molar-refractivity contribution < 1.29 is 19.2 Å². The van der Waals surface area contributed by atoms with Crippen LogP contribution in [0.1, 0.15) is 180 Å². The molecule has 8 rings (SSSR count). The maximum atomic E-state index is 13.6. The maximum Gasteiger partial charge on any atom is 0.268 e. The second kappa shape index (κ2) is 20.2. The fourth-order valence-electron chi connectivity index (χ4n) is 9.20. The van der Waals surface area contributed by atoms with Gasteiger partial charge in [-0.1, -0.05) is 77.0 Å². The molecular formula is C51H58N10O4. The van der Waals surface area contributed by atoms with E-state index in [0.717, 1.165) is 92.3 Å². The van der Waals surface area contributed by atoms with E-state index in [1.807, 2.05) is 19.1 Å². The lowest BCUT2D eigenvalue weighted by molar-refractivity contribution is -0.129. The average molecular weight is 875 g/mol. The molecule has 4 heterocycles. The summed E-state index contributed by atoms with van der Waals surface area (Å²) in [5.41, 5.74) is 5.37. The van der Waals surface area contributed by atoms with Crippen LogP contribution in [0, 0.1) is 22.7 Å². The fourth-order valence-corrected chi connectivity index (χ4v) is 9.20. The van der Waals surface area contributed by atoms with Gasteiger partial charge in [0.05, 0.1) is 12.1 Å². The van der Waals surface area contributed by atoms with Crippen molar-refractivity contribution in [2.24, 2.45) is 0 Å². The van der Waals surface area contributed by atoms with Crippen molar-refractivity contribution in [3.8, 4) is 12.1 Å². The van der Waals surface area contributed by atoms with E-state index in [9.17, 15) is 29.7 Å². The number of nitrogens with zero attached hydrogens (tertiary/aromatic N) is 4. The van der Waals surface area contributed by atoms with Gasteiger partial charge in [-0.3, -0.25) is 29.1 Å². The van der Waals surface area contributed by atoms with Gasteiger partial charge in [-0.2, -0.15) is 10.5 Å². The van der Waals surface area contributed by atoms with Gasteiger partial charge in [-0.05, 0) is 116 Å². The molecule has 14 heteroatoms. The van der Waals surface area contributed by atoms with Crippen LogP contribution < -0.4 is 21.3 Å². The van der Waals surface area contributed by atoms with Crippen LogP contribution in [0.15, 0.2) is 68.8 Å². The standard InChI is InChI=1S/C26H31N5O2.C25H27N5O2/c1-3-17-15-28-16-20(19(17)4-2)23(14-27)30-25(33)26(12-6-5-7-13-26)31-24(32)22-11-10-21(29-22)18-8-9-18;1-3-16-14-27-15-19(18(16)4-2)22(13-26)29-24(32)25(11-5-6-12-25)30-23(31)21-10-9-20(28-21)17-7-8-17/h4,10-11,15-16,18,23,29H,2-3,5-9,12-13H2,1H3,(H,30,33)(H,31,32);3-4,9-10,14-15,17,22,28H,1-2,5-8,11-12H2,(H,29,32)(H,30,31). The molecule has 4 fully saturated rings. The lowest BCUT2D eigenvalue weighted by atomic mass is 9.80. The Kier molecular flexibility index (Phi) is 14.3. The Labute approximate surface area is 380 Å². The average Bonchev–Trinajstić information content (AvgIpc) is 4.20. The van der Waals surface area contributed by atoms with Crippen LogP contribution in [0.4, 0.5) is 0 Å². The summed E-state index contributed by atoms with van der Waals surface area (Å²) >= 11 is 0. The van der Waals surface area contributed by atoms with Gasteiger partial charge in [0.15, 0.2) is 0 Å². The monoisotopic (exact) mass is 874 g/mol. The number of amides is 4. The number of aromatic nitrogens is 4. The molecule has 0 aromatic carbocycles. The van der Waals surface area contributed by atoms with Crippen molar-refractivity contribution in [1.29, 1.82) is 10.5 Å². The molecule has 4 aromatic rings. The second-order valence-corrected chi connectivity index (χ2v) is 17.6. The smallest absolute Gasteiger partial charge is 0.268 e. The number of hydrogen-bond donors (Lipinski definition) is 6. The Hall–Kier alpha value is -7.06. The van der Waals surface area contributed by atoms with Gasteiger partial charge in [0.2, 0.25) is 11.8 Å². The van der Waals surface area contributed by atoms with Crippen LogP contribution in [0.3, 0.4) is 0 Å². The molecule has 65 heavy (non-hydrogen) atoms. The molecule has 4 amide bonds. The summed E-state index contributed by atoms with van der Waals surface area (Å²) in [4.78, 5) is 67.8. The predicted octanol–water partition coefficient (Wildman–Crippen LogP) is 8.30. The number of rotatable bonds is 16. The minimum atomic E-state index is -1.05. The molecule has 0 aliphatic heterocycles. The van der Waals surface area contributed by atoms with Gasteiger partial charge in [-0.15, -0.1) is 0 Å². The van der Waals surface area contributed by atoms with Gasteiger partial charge >= 0.3 is 0 Å². The molecule has 336 valence electrons. The number of aryl methyl sites for hydroxylation is 1. The number of nitriles is 2. The second-order valence-electron chi connectivity index (χ2n) is 17.6. The van der Waals surface area contributed by atoms with Crippen molar-refractivity contribution in [1.82, 2.24) is 41.2 Å². The lowest BCUT2D eigenvalue weighted by Crippen LogP contribution is -2.60. The summed E-state index contributed by atoms with van der Waals surface area (Å²) in [5.74, 6) is -0.244. The first-order valence-corrected chi connectivity index (χ1v) is 22.8. The zero-order chi connectivity index (χ0) is 46.1. The maximum absolute atomic E-state index is 13.6. The van der Waals surface area contributed by atoms with Crippen molar-refractivity contribution in [2.75, 3.05) is 0 Å². The normalized spacial score (nSPS) is 17.9. The van der Waals surface area contributed by atoms with Crippen molar-refractivity contribution in [3.05, 3.63) is 125 Å². The minimum absolute atomic E-state index is 0.283. The number of pyridine rings is 2. The Bertz CT molecular complexity index is 2540. The van der Waals surface area contributed by atoms with Gasteiger partial charge in [0.1, 0.15) is 34.5 Å². The van der Waals surface area contributed by atoms with Crippen LogP contribution in [0.5, 0.6) is 0 Å². The summed E-state index contributed by atoms with van der Waals surface area (Å²) in [5, 5.41) is 31.4. The highest BCUT2D eigenvalue weighted by atomic mass is 16.2. The van der Waals surface area contributed by atoms with Gasteiger partial charge < -0.3 is 31.2 Å². The van der Waals surface area contributed by atoms with E-state index in [0.29, 0.717) is 65.6 Å². The van der Waals surface area contributed by atoms with E-state index < -0.39 is 23.2 Å². The lowest BCUT2D eigenvalue weighted by Gasteiger charge is -2.37. The Morgan fingerprint density at radius 3 is 1.54 bits per heavy atom. The Balaban J connectivity index is 0.000000194. The Morgan fingerprint density at radius 1 is 0.677 bits per heavy atom. The molecule has 4 aliphatic carbocycles. The van der Waals surface area contributed by atoms with Crippen LogP contribution in [0.25, 0.3) is 18.2 Å². The van der Waals surface area contributed by atoms with Crippen LogP contribution in [0.2, 0.25) is 0 Å². The largest absolute Gasteiger partial charge is 0.354 e. The highest BCUT2D eigenvalue weighted by Gasteiger charge is 2.45. The number of carbonyl (C=O) groups is 4. The summed E-state index contributed by atoms with van der Waals surface area (Å²) in [7, 11) is 0. The number of H-pyrrole nitrogens is 2. The molecule has 4 aliphatic rings. The highest BCUT2D eigenvalue weighted by molar-refractivity contribution is 5.99. The third-order valence-electron chi connectivity index (χ3n) is 13.3. The number of nitrogens with one attached hydrogen (secondary N) is 6. The summed E-state index contributed by atoms with van der Waals surface area (Å²) in [6.45, 7) is 13.5. The van der Waals surface area contributed by atoms with E-state index >= 15 is 0 Å². The third-order valence-corrected chi connectivity index (χ3v) is 13.3. The number of hydrogen-bond acceptors (Lipinski definition) is 8. The first-order chi connectivity index (χ1) is 31.5. The van der Waals surface area contributed by atoms with Gasteiger partial charge in [0.25, 0.3) is 11.8 Å². The molecule has 0 saturated heterocycles. The van der Waals surface area contributed by atoms with E-state index in [1.54, 1.807) is 55.1 Å². The molecule has 6 N–H and O–H groups in total. The Morgan fingerprint density at radius 2 is 1.12 bits per heavy atom. The zero-order valence-electron chi connectivity index (χ0n) is 37.1. The molecule has 2 unspecified atom stereocenters. The van der Waals surface area contributed by atoms with Gasteiger partial charge in [-0.25, -0.2) is 0 Å². The molecule has 4 saturated carbocycles. The number of carbonyl (C=O) groups excluding carboxylic acids is 4. The van der Waals surface area contributed by atoms with Crippen LogP contribution >= 0.6 is 0 Å². The molecule has 14 nitrogen and oxygen atoms in total. The van der Waals surface area contributed by atoms with E-state index in [-0.39, 0.29) is 23.6 Å². The molecule has 0 bridgehead atoms. The first kappa shape index (κ1) is 45.9. The molecule has 0 radical (unpaired) electrons. The third kappa shape index (κ3) is 10.2. The molecular weight excluding hydrogens is 817 g/mol. The molecule has 4 aromatic heterocycles. The highest BCUT2D eigenvalue weighted by Crippen LogP contribution is 2.40. The minimum Gasteiger partial charge on any atom is -0.354 e. The topological polar surface area (TPSA) is 221 Å². The van der Waals surface area contributed by atoms with E-state index in [2.05, 4.69) is 73.1 Å². The fraction of sp³-hybridized carbons (Fsp3) is 0.412. The van der Waals surface area contributed by atoms with Crippen molar-refractivity contribution in [2.45, 2.75) is 132 Å². The molecule has 2 atom stereocenters. The van der Waals surface area contributed by atoms with E-state index in [1.165, 1.54) is 0 Å². The number of aromatic amines is 2. The van der Waals surface area contributed by atoms with E-state index in [4.69, 9.17) is 0 Å². The van der Waals surface area contributed by atoms with Crippen molar-refractivity contribution >= 4 is 41.9 Å². The predicted molar refractivity (Wildman–Crippen MR) is 249 cm³/mol.